The van der Waals surface area contributed by atoms with Crippen molar-refractivity contribution in [3.05, 3.63) is 47.3 Å². The van der Waals surface area contributed by atoms with Gasteiger partial charge in [-0.2, -0.15) is 0 Å². The first-order valence-corrected chi connectivity index (χ1v) is 8.83. The van der Waals surface area contributed by atoms with E-state index in [0.717, 1.165) is 6.07 Å². The van der Waals surface area contributed by atoms with Crippen LogP contribution in [0.1, 0.15) is 22.8 Å². The van der Waals surface area contributed by atoms with Crippen molar-refractivity contribution in [3.63, 3.8) is 0 Å². The third-order valence-corrected chi connectivity index (χ3v) is 4.03. The minimum Gasteiger partial charge on any atom is -0.493 e. The highest BCUT2D eigenvalue weighted by Crippen LogP contribution is 2.38. The lowest BCUT2D eigenvalue weighted by molar-refractivity contribution is -0.141. The molecule has 0 aliphatic rings. The SMILES string of the molecule is COc1cc(CC(=O)OCC(=O)c2ccc(NC(C)=O)cc2F)cc(OC)c1OC. The molecule has 0 saturated heterocycles. The summed E-state index contributed by atoms with van der Waals surface area (Å²) in [6.07, 6.45) is -0.159. The number of rotatable bonds is 9. The number of Topliss-reactive ketones (excluding diaryl/α,β-unsaturated/α-hetero) is 1. The molecule has 0 aliphatic carbocycles. The molecule has 0 spiro atoms. The second kappa shape index (κ2) is 10.2. The molecule has 2 aromatic rings. The zero-order chi connectivity index (χ0) is 22.3. The number of amides is 1. The highest BCUT2D eigenvalue weighted by atomic mass is 19.1. The molecular formula is C21H22FNO7. The van der Waals surface area contributed by atoms with Crippen molar-refractivity contribution < 1.29 is 37.7 Å². The monoisotopic (exact) mass is 419 g/mol. The number of carbonyl (C=O) groups excluding carboxylic acids is 3. The van der Waals surface area contributed by atoms with Gasteiger partial charge in [-0.1, -0.05) is 0 Å². The summed E-state index contributed by atoms with van der Waals surface area (Å²) in [7, 11) is 4.36. The number of carbonyl (C=O) groups is 3. The van der Waals surface area contributed by atoms with Gasteiger partial charge in [-0.05, 0) is 35.9 Å². The van der Waals surface area contributed by atoms with Crippen LogP contribution in [0, 0.1) is 5.82 Å². The van der Waals surface area contributed by atoms with Crippen LogP contribution in [0.25, 0.3) is 0 Å². The van der Waals surface area contributed by atoms with Crippen LogP contribution < -0.4 is 19.5 Å². The fourth-order valence-electron chi connectivity index (χ4n) is 2.70. The molecule has 0 aliphatic heterocycles. The molecule has 160 valence electrons. The van der Waals surface area contributed by atoms with Crippen molar-refractivity contribution in [2.24, 2.45) is 0 Å². The first kappa shape index (κ1) is 22.7. The molecule has 0 bridgehead atoms. The van der Waals surface area contributed by atoms with Crippen molar-refractivity contribution >= 4 is 23.3 Å². The number of hydrogen-bond donors (Lipinski definition) is 1. The summed E-state index contributed by atoms with van der Waals surface area (Å²) in [6, 6.07) is 6.80. The van der Waals surface area contributed by atoms with Crippen LogP contribution in [0.2, 0.25) is 0 Å². The van der Waals surface area contributed by atoms with E-state index in [1.165, 1.54) is 40.4 Å². The fraction of sp³-hybridized carbons (Fsp3) is 0.286. The zero-order valence-electron chi connectivity index (χ0n) is 17.0. The van der Waals surface area contributed by atoms with Crippen molar-refractivity contribution in [2.75, 3.05) is 33.3 Å². The number of nitrogens with one attached hydrogen (secondary N) is 1. The molecule has 0 aromatic heterocycles. The first-order chi connectivity index (χ1) is 14.3. The molecule has 2 rings (SSSR count). The Morgan fingerprint density at radius 1 is 0.967 bits per heavy atom. The number of halogens is 1. The highest BCUT2D eigenvalue weighted by molar-refractivity contribution is 5.99. The summed E-state index contributed by atoms with van der Waals surface area (Å²) >= 11 is 0. The topological polar surface area (TPSA) is 100 Å². The van der Waals surface area contributed by atoms with Gasteiger partial charge in [-0.25, -0.2) is 4.39 Å². The summed E-state index contributed by atoms with van der Waals surface area (Å²) in [4.78, 5) is 35.3. The average Bonchev–Trinajstić information content (AvgIpc) is 2.70. The largest absolute Gasteiger partial charge is 0.493 e. The summed E-state index contributed by atoms with van der Waals surface area (Å²) in [5.74, 6) is -1.46. The molecule has 0 unspecified atom stereocenters. The number of ketones is 1. The Hall–Kier alpha value is -3.62. The van der Waals surface area contributed by atoms with Gasteiger partial charge in [0.15, 0.2) is 18.1 Å². The van der Waals surface area contributed by atoms with Crippen molar-refractivity contribution in [2.45, 2.75) is 13.3 Å². The molecule has 0 fully saturated rings. The molecular weight excluding hydrogens is 397 g/mol. The predicted octanol–water partition coefficient (Wildman–Crippen LogP) is 2.78. The van der Waals surface area contributed by atoms with E-state index in [9.17, 15) is 18.8 Å². The number of methoxy groups -OCH3 is 3. The van der Waals surface area contributed by atoms with E-state index in [2.05, 4.69) is 5.32 Å². The highest BCUT2D eigenvalue weighted by Gasteiger charge is 2.18. The maximum atomic E-state index is 14.1. The number of ether oxygens (including phenoxy) is 4. The van der Waals surface area contributed by atoms with Gasteiger partial charge in [0.25, 0.3) is 0 Å². The van der Waals surface area contributed by atoms with E-state index in [4.69, 9.17) is 18.9 Å². The van der Waals surface area contributed by atoms with Crippen molar-refractivity contribution in [3.8, 4) is 17.2 Å². The van der Waals surface area contributed by atoms with E-state index in [1.807, 2.05) is 0 Å². The maximum absolute atomic E-state index is 14.1. The number of anilines is 1. The average molecular weight is 419 g/mol. The minimum atomic E-state index is -0.827. The van der Waals surface area contributed by atoms with E-state index in [0.29, 0.717) is 22.8 Å². The lowest BCUT2D eigenvalue weighted by Gasteiger charge is -2.14. The van der Waals surface area contributed by atoms with E-state index in [1.54, 1.807) is 12.1 Å². The summed E-state index contributed by atoms with van der Waals surface area (Å²) in [6.45, 7) is 0.657. The molecule has 0 heterocycles. The normalized spacial score (nSPS) is 10.2. The quantitative estimate of drug-likeness (QED) is 0.493. The van der Waals surface area contributed by atoms with Gasteiger partial charge in [0, 0.05) is 12.6 Å². The predicted molar refractivity (Wildman–Crippen MR) is 106 cm³/mol. The number of benzene rings is 2. The molecule has 0 saturated carbocycles. The summed E-state index contributed by atoms with van der Waals surface area (Å²) in [5.41, 5.74) is 0.494. The first-order valence-electron chi connectivity index (χ1n) is 8.83. The van der Waals surface area contributed by atoms with Crippen molar-refractivity contribution in [1.82, 2.24) is 0 Å². The molecule has 0 radical (unpaired) electrons. The third-order valence-electron chi connectivity index (χ3n) is 4.03. The van der Waals surface area contributed by atoms with E-state index < -0.39 is 24.2 Å². The molecule has 1 N–H and O–H groups in total. The van der Waals surface area contributed by atoms with Gasteiger partial charge in [-0.15, -0.1) is 0 Å². The Morgan fingerprint density at radius 3 is 2.10 bits per heavy atom. The summed E-state index contributed by atoms with van der Waals surface area (Å²) in [5, 5.41) is 2.41. The third kappa shape index (κ3) is 5.69. The fourth-order valence-corrected chi connectivity index (χ4v) is 2.70. The van der Waals surface area contributed by atoms with Gasteiger partial charge in [0.1, 0.15) is 5.82 Å². The standard InChI is InChI=1S/C21H22FNO7/c1-12(24)23-14-5-6-15(16(22)10-14)17(25)11-30-20(26)9-13-7-18(27-2)21(29-4)19(8-13)28-3/h5-8,10H,9,11H2,1-4H3,(H,23,24). The van der Waals surface area contributed by atoms with Gasteiger partial charge in [-0.3, -0.25) is 14.4 Å². The Morgan fingerprint density at radius 2 is 1.60 bits per heavy atom. The van der Waals surface area contributed by atoms with Gasteiger partial charge in [0.2, 0.25) is 17.4 Å². The summed E-state index contributed by atoms with van der Waals surface area (Å²) < 4.78 is 34.8. The molecule has 1 amide bonds. The lowest BCUT2D eigenvalue weighted by Crippen LogP contribution is -2.17. The molecule has 8 nitrogen and oxygen atoms in total. The lowest BCUT2D eigenvalue weighted by atomic mass is 10.1. The Labute approximate surface area is 172 Å². The number of esters is 1. The maximum Gasteiger partial charge on any atom is 0.310 e. The van der Waals surface area contributed by atoms with E-state index >= 15 is 0 Å². The van der Waals surface area contributed by atoms with E-state index in [-0.39, 0.29) is 23.6 Å². The molecule has 2 aromatic carbocycles. The van der Waals surface area contributed by atoms with Crippen LogP contribution in [-0.2, 0) is 20.7 Å². The smallest absolute Gasteiger partial charge is 0.310 e. The van der Waals surface area contributed by atoms with Crippen LogP contribution in [0.3, 0.4) is 0 Å². The van der Waals surface area contributed by atoms with Gasteiger partial charge < -0.3 is 24.3 Å². The van der Waals surface area contributed by atoms with Crippen LogP contribution in [-0.4, -0.2) is 45.6 Å². The van der Waals surface area contributed by atoms with Gasteiger partial charge >= 0.3 is 5.97 Å². The van der Waals surface area contributed by atoms with Crippen LogP contribution in [0.5, 0.6) is 17.2 Å². The second-order valence-electron chi connectivity index (χ2n) is 6.17. The Balaban J connectivity index is 2.02. The number of hydrogen-bond acceptors (Lipinski definition) is 7. The van der Waals surface area contributed by atoms with Crippen LogP contribution in [0.15, 0.2) is 30.3 Å². The molecule has 0 atom stereocenters. The Kier molecular flexibility index (Phi) is 7.74. The zero-order valence-corrected chi connectivity index (χ0v) is 17.0. The molecule has 9 heteroatoms. The Bertz CT molecular complexity index is 933. The van der Waals surface area contributed by atoms with Crippen LogP contribution in [0.4, 0.5) is 10.1 Å². The van der Waals surface area contributed by atoms with Crippen molar-refractivity contribution in [1.29, 1.82) is 0 Å². The second-order valence-corrected chi connectivity index (χ2v) is 6.17. The minimum absolute atomic E-state index is 0.159. The van der Waals surface area contributed by atoms with Gasteiger partial charge in [0.05, 0.1) is 33.3 Å². The van der Waals surface area contributed by atoms with Crippen LogP contribution >= 0.6 is 0 Å². The molecule has 30 heavy (non-hydrogen) atoms.